The Hall–Kier alpha value is -3.35. The summed E-state index contributed by atoms with van der Waals surface area (Å²) in [6.45, 7) is 4.63. The van der Waals surface area contributed by atoms with E-state index >= 15 is 0 Å². The summed E-state index contributed by atoms with van der Waals surface area (Å²) < 4.78 is 5.55. The third-order valence-corrected chi connectivity index (χ3v) is 6.39. The Bertz CT molecular complexity index is 961. The lowest BCUT2D eigenvalue weighted by molar-refractivity contribution is -0.137. The van der Waals surface area contributed by atoms with Gasteiger partial charge in [0.1, 0.15) is 6.61 Å². The normalized spacial score (nSPS) is 13.9. The maximum atomic E-state index is 12.3. The maximum Gasteiger partial charge on any atom is 0.407 e. The molecule has 0 spiro atoms. The van der Waals surface area contributed by atoms with Crippen molar-refractivity contribution < 1.29 is 24.2 Å². The molecule has 3 N–H and O–H groups in total. The van der Waals surface area contributed by atoms with Gasteiger partial charge in [-0.25, -0.2) is 4.79 Å². The maximum absolute atomic E-state index is 12.3. The molecule has 2 atom stereocenters. The van der Waals surface area contributed by atoms with Crippen LogP contribution in [0.1, 0.15) is 63.0 Å². The lowest BCUT2D eigenvalue weighted by Crippen LogP contribution is -2.36. The molecule has 2 amide bonds. The quantitative estimate of drug-likeness (QED) is 0.421. The number of carbonyl (C=O) groups is 3. The topological polar surface area (TPSA) is 105 Å². The van der Waals surface area contributed by atoms with Gasteiger partial charge in [-0.05, 0) is 47.4 Å². The Labute approximate surface area is 200 Å². The standard InChI is InChI=1S/C27H34N2O5/c1-3-19(16-26(31)32)29-25(30)13-12-18(2)14-15-28-27(33)34-17-24-22-10-6-4-8-20(22)21-9-5-7-11-23(21)24/h4-11,18-19,24H,3,12-17H2,1-2H3,(H,28,33)(H,29,30)(H,31,32)/t18?,19-/m1/s1. The highest BCUT2D eigenvalue weighted by Gasteiger charge is 2.29. The molecular weight excluding hydrogens is 432 g/mol. The molecule has 182 valence electrons. The third kappa shape index (κ3) is 6.83. The van der Waals surface area contributed by atoms with Crippen LogP contribution in [0.15, 0.2) is 48.5 Å². The predicted molar refractivity (Wildman–Crippen MR) is 131 cm³/mol. The van der Waals surface area contributed by atoms with Gasteiger partial charge in [0.15, 0.2) is 0 Å². The molecule has 7 heteroatoms. The summed E-state index contributed by atoms with van der Waals surface area (Å²) >= 11 is 0. The zero-order chi connectivity index (χ0) is 24.5. The highest BCUT2D eigenvalue weighted by molar-refractivity contribution is 5.79. The van der Waals surface area contributed by atoms with Crippen LogP contribution in [0.4, 0.5) is 4.79 Å². The van der Waals surface area contributed by atoms with Crippen molar-refractivity contribution in [2.24, 2.45) is 5.92 Å². The average molecular weight is 467 g/mol. The first-order valence-corrected chi connectivity index (χ1v) is 12.0. The van der Waals surface area contributed by atoms with Crippen molar-refractivity contribution in [2.75, 3.05) is 13.2 Å². The van der Waals surface area contributed by atoms with Crippen LogP contribution in [0.2, 0.25) is 0 Å². The number of benzene rings is 2. The van der Waals surface area contributed by atoms with Crippen LogP contribution in [0.3, 0.4) is 0 Å². The van der Waals surface area contributed by atoms with Gasteiger partial charge >= 0.3 is 12.1 Å². The summed E-state index contributed by atoms with van der Waals surface area (Å²) in [4.78, 5) is 35.2. The lowest BCUT2D eigenvalue weighted by atomic mass is 9.98. The predicted octanol–water partition coefficient (Wildman–Crippen LogP) is 4.70. The summed E-state index contributed by atoms with van der Waals surface area (Å²) in [5.74, 6) is -0.785. The van der Waals surface area contributed by atoms with Gasteiger partial charge in [-0.2, -0.15) is 0 Å². The van der Waals surface area contributed by atoms with E-state index in [0.717, 1.165) is 6.42 Å². The van der Waals surface area contributed by atoms with E-state index in [9.17, 15) is 14.4 Å². The van der Waals surface area contributed by atoms with Gasteiger partial charge in [0.2, 0.25) is 5.91 Å². The Morgan fingerprint density at radius 2 is 1.62 bits per heavy atom. The second-order valence-electron chi connectivity index (χ2n) is 8.96. The average Bonchev–Trinajstić information content (AvgIpc) is 3.14. The van der Waals surface area contributed by atoms with Crippen molar-refractivity contribution in [1.29, 1.82) is 0 Å². The van der Waals surface area contributed by atoms with Crippen molar-refractivity contribution in [3.63, 3.8) is 0 Å². The number of hydrogen-bond donors (Lipinski definition) is 3. The fourth-order valence-corrected chi connectivity index (χ4v) is 4.40. The number of ether oxygens (including phenoxy) is 1. The van der Waals surface area contributed by atoms with Crippen LogP contribution < -0.4 is 10.6 Å². The van der Waals surface area contributed by atoms with Gasteiger partial charge in [0.05, 0.1) is 6.42 Å². The van der Waals surface area contributed by atoms with Crippen molar-refractivity contribution >= 4 is 18.0 Å². The van der Waals surface area contributed by atoms with Gasteiger partial charge in [-0.15, -0.1) is 0 Å². The van der Waals surface area contributed by atoms with Crippen LogP contribution in [0.25, 0.3) is 11.1 Å². The molecule has 0 saturated heterocycles. The molecule has 34 heavy (non-hydrogen) atoms. The number of alkyl carbamates (subject to hydrolysis) is 1. The highest BCUT2D eigenvalue weighted by atomic mass is 16.5. The Morgan fingerprint density at radius 1 is 1.00 bits per heavy atom. The largest absolute Gasteiger partial charge is 0.481 e. The summed E-state index contributed by atoms with van der Waals surface area (Å²) in [6.07, 6.45) is 1.80. The first-order chi connectivity index (χ1) is 16.4. The van der Waals surface area contributed by atoms with E-state index in [1.807, 2.05) is 38.1 Å². The molecule has 1 unspecified atom stereocenters. The van der Waals surface area contributed by atoms with Gasteiger partial charge < -0.3 is 20.5 Å². The number of amides is 2. The van der Waals surface area contributed by atoms with E-state index in [1.165, 1.54) is 22.3 Å². The second kappa shape index (κ2) is 12.2. The zero-order valence-electron chi connectivity index (χ0n) is 19.9. The second-order valence-corrected chi connectivity index (χ2v) is 8.96. The molecule has 2 aromatic rings. The van der Waals surface area contributed by atoms with E-state index in [-0.39, 0.29) is 36.8 Å². The first kappa shape index (κ1) is 25.3. The molecule has 3 rings (SSSR count). The van der Waals surface area contributed by atoms with Crippen LogP contribution in [-0.2, 0) is 14.3 Å². The van der Waals surface area contributed by atoms with Crippen molar-refractivity contribution in [3.8, 4) is 11.1 Å². The van der Waals surface area contributed by atoms with Gasteiger partial charge in [0.25, 0.3) is 0 Å². The fourth-order valence-electron chi connectivity index (χ4n) is 4.40. The smallest absolute Gasteiger partial charge is 0.407 e. The number of hydrogen-bond acceptors (Lipinski definition) is 4. The number of aliphatic carboxylic acids is 1. The minimum absolute atomic E-state index is 0.0312. The molecule has 0 fully saturated rings. The number of carboxylic acids is 1. The van der Waals surface area contributed by atoms with Gasteiger partial charge in [0, 0.05) is 24.9 Å². The minimum atomic E-state index is -0.917. The van der Waals surface area contributed by atoms with Gasteiger partial charge in [-0.1, -0.05) is 62.4 Å². The summed E-state index contributed by atoms with van der Waals surface area (Å²) in [5.41, 5.74) is 4.74. The van der Waals surface area contributed by atoms with Crippen molar-refractivity contribution in [1.82, 2.24) is 10.6 Å². The lowest BCUT2D eigenvalue weighted by Gasteiger charge is -2.17. The van der Waals surface area contributed by atoms with E-state index in [2.05, 4.69) is 34.9 Å². The van der Waals surface area contributed by atoms with E-state index in [4.69, 9.17) is 9.84 Å². The van der Waals surface area contributed by atoms with Gasteiger partial charge in [-0.3, -0.25) is 9.59 Å². The summed E-state index contributed by atoms with van der Waals surface area (Å²) in [6, 6.07) is 16.1. The first-order valence-electron chi connectivity index (χ1n) is 12.0. The van der Waals surface area contributed by atoms with Crippen molar-refractivity contribution in [2.45, 2.75) is 57.9 Å². The Balaban J connectivity index is 1.37. The minimum Gasteiger partial charge on any atom is -0.481 e. The number of nitrogens with one attached hydrogen (secondary N) is 2. The Kier molecular flexibility index (Phi) is 9.08. The molecule has 7 nitrogen and oxygen atoms in total. The summed E-state index contributed by atoms with van der Waals surface area (Å²) in [5, 5.41) is 14.5. The van der Waals surface area contributed by atoms with E-state index in [1.54, 1.807) is 0 Å². The molecule has 2 aromatic carbocycles. The Morgan fingerprint density at radius 3 is 2.21 bits per heavy atom. The number of fused-ring (bicyclic) bond motifs is 3. The molecule has 0 aromatic heterocycles. The van der Waals surface area contributed by atoms with Crippen LogP contribution >= 0.6 is 0 Å². The van der Waals surface area contributed by atoms with Crippen LogP contribution in [0.5, 0.6) is 0 Å². The molecule has 0 aliphatic heterocycles. The number of carboxylic acid groups (broad SMARTS) is 1. The molecular formula is C27H34N2O5. The molecule has 0 saturated carbocycles. The molecule has 0 heterocycles. The monoisotopic (exact) mass is 466 g/mol. The van der Waals surface area contributed by atoms with E-state index < -0.39 is 12.1 Å². The van der Waals surface area contributed by atoms with Crippen LogP contribution in [0, 0.1) is 5.92 Å². The molecule has 0 radical (unpaired) electrons. The number of rotatable bonds is 12. The van der Waals surface area contributed by atoms with Crippen LogP contribution in [-0.4, -0.2) is 42.3 Å². The fraction of sp³-hybridized carbons (Fsp3) is 0.444. The number of carbonyl (C=O) groups excluding carboxylic acids is 2. The third-order valence-electron chi connectivity index (χ3n) is 6.39. The summed E-state index contributed by atoms with van der Waals surface area (Å²) in [7, 11) is 0. The molecule has 0 bridgehead atoms. The molecule has 1 aliphatic rings. The van der Waals surface area contributed by atoms with Crippen molar-refractivity contribution in [3.05, 3.63) is 59.7 Å². The van der Waals surface area contributed by atoms with E-state index in [0.29, 0.717) is 25.8 Å². The molecule has 1 aliphatic carbocycles. The highest BCUT2D eigenvalue weighted by Crippen LogP contribution is 2.44. The SMILES string of the molecule is CC[C@H](CC(=O)O)NC(=O)CCC(C)CCNC(=O)OCC1c2ccccc2-c2ccccc21. The zero-order valence-corrected chi connectivity index (χ0v) is 19.9.